The van der Waals surface area contributed by atoms with Crippen LogP contribution in [0.15, 0.2) is 176 Å². The van der Waals surface area contributed by atoms with Crippen LogP contribution in [-0.4, -0.2) is 0 Å². The van der Waals surface area contributed by atoms with Crippen LogP contribution >= 0.6 is 11.3 Å². The number of nitrogens with zero attached hydrogens (tertiary/aromatic N) is 1. The van der Waals surface area contributed by atoms with Crippen LogP contribution < -0.4 is 4.90 Å². The molecule has 2 heteroatoms. The molecule has 242 valence electrons. The molecule has 1 aromatic heterocycles. The molecule has 0 radical (unpaired) electrons. The average molecular weight is 670 g/mol. The van der Waals surface area contributed by atoms with Gasteiger partial charge in [0.05, 0.1) is 5.69 Å². The molecule has 1 aliphatic rings. The lowest BCUT2D eigenvalue weighted by molar-refractivity contribution is 0.660. The second kappa shape index (κ2) is 11.6. The second-order valence-electron chi connectivity index (χ2n) is 14.1. The van der Waals surface area contributed by atoms with E-state index in [2.05, 4.69) is 195 Å². The summed E-state index contributed by atoms with van der Waals surface area (Å²) in [5.41, 5.74) is 13.7. The molecular weight excluding hydrogens is 635 g/mol. The van der Waals surface area contributed by atoms with Crippen LogP contribution in [-0.2, 0) is 5.41 Å². The van der Waals surface area contributed by atoms with Gasteiger partial charge in [0.25, 0.3) is 0 Å². The largest absolute Gasteiger partial charge is 0.310 e. The van der Waals surface area contributed by atoms with E-state index in [0.717, 1.165) is 11.4 Å². The smallest absolute Gasteiger partial charge is 0.0543 e. The summed E-state index contributed by atoms with van der Waals surface area (Å²) in [6, 6.07) is 64.7. The van der Waals surface area contributed by atoms with Crippen molar-refractivity contribution in [2.45, 2.75) is 19.3 Å². The number of benzene rings is 8. The lowest BCUT2D eigenvalue weighted by Crippen LogP contribution is -2.16. The Morgan fingerprint density at radius 3 is 1.78 bits per heavy atom. The Morgan fingerprint density at radius 2 is 1.02 bits per heavy atom. The van der Waals surface area contributed by atoms with Crippen LogP contribution in [0.3, 0.4) is 0 Å². The Kier molecular flexibility index (Phi) is 6.78. The quantitative estimate of drug-likeness (QED) is 0.176. The first-order valence-electron chi connectivity index (χ1n) is 17.7. The molecular formula is C49H35NS. The molecule has 1 nitrogen and oxygen atoms in total. The van der Waals surface area contributed by atoms with Crippen molar-refractivity contribution in [1.82, 2.24) is 0 Å². The van der Waals surface area contributed by atoms with E-state index in [4.69, 9.17) is 0 Å². The highest BCUT2D eigenvalue weighted by atomic mass is 32.1. The minimum Gasteiger partial charge on any atom is -0.310 e. The van der Waals surface area contributed by atoms with Gasteiger partial charge in [-0.05, 0) is 92.2 Å². The van der Waals surface area contributed by atoms with E-state index in [1.54, 1.807) is 0 Å². The van der Waals surface area contributed by atoms with Gasteiger partial charge in [0.2, 0.25) is 0 Å². The summed E-state index contributed by atoms with van der Waals surface area (Å²) in [5, 5.41) is 5.30. The van der Waals surface area contributed by atoms with Crippen molar-refractivity contribution in [2.75, 3.05) is 4.90 Å². The van der Waals surface area contributed by atoms with Gasteiger partial charge in [-0.1, -0.05) is 147 Å². The molecule has 0 saturated heterocycles. The molecule has 0 saturated carbocycles. The lowest BCUT2D eigenvalue weighted by atomic mass is 9.82. The summed E-state index contributed by atoms with van der Waals surface area (Å²) in [6.45, 7) is 4.71. The van der Waals surface area contributed by atoms with Crippen molar-refractivity contribution in [3.63, 3.8) is 0 Å². The van der Waals surface area contributed by atoms with Crippen molar-refractivity contribution in [1.29, 1.82) is 0 Å². The Bertz CT molecular complexity index is 2750. The number of hydrogen-bond donors (Lipinski definition) is 0. The third-order valence-electron chi connectivity index (χ3n) is 10.9. The standard InChI is InChI=1S/C49H35NS/c1-49(2)42-19-10-8-17-39(42)48-43(49)20-12-21-44(48)50(35-27-23-33(24-28-35)32-13-4-3-5-14-32)36-29-25-34(26-30-36)41-31-46-47(38-16-7-6-15-37(38)41)40-18-9-11-22-45(40)51-46/h3-31H,1-2H3. The molecule has 1 heterocycles. The van der Waals surface area contributed by atoms with Crippen LogP contribution in [0.1, 0.15) is 25.0 Å². The number of anilines is 3. The zero-order valence-electron chi connectivity index (χ0n) is 28.6. The molecule has 1 aliphatic carbocycles. The predicted octanol–water partition coefficient (Wildman–Crippen LogP) is 14.3. The third-order valence-corrected chi connectivity index (χ3v) is 12.0. The number of hydrogen-bond acceptors (Lipinski definition) is 2. The molecule has 9 aromatic rings. The van der Waals surface area contributed by atoms with E-state index in [-0.39, 0.29) is 5.41 Å². The molecule has 8 aromatic carbocycles. The maximum Gasteiger partial charge on any atom is 0.0543 e. The molecule has 0 amide bonds. The maximum atomic E-state index is 2.45. The molecule has 0 atom stereocenters. The van der Waals surface area contributed by atoms with Gasteiger partial charge in [0, 0.05) is 42.5 Å². The van der Waals surface area contributed by atoms with E-state index in [1.807, 2.05) is 11.3 Å². The Morgan fingerprint density at radius 1 is 0.431 bits per heavy atom. The molecule has 0 bridgehead atoms. The summed E-state index contributed by atoms with van der Waals surface area (Å²) in [5.74, 6) is 0. The van der Waals surface area contributed by atoms with Crippen LogP contribution in [0.25, 0.3) is 64.3 Å². The third kappa shape index (κ3) is 4.67. The highest BCUT2D eigenvalue weighted by molar-refractivity contribution is 7.26. The molecule has 0 N–H and O–H groups in total. The minimum absolute atomic E-state index is 0.0824. The van der Waals surface area contributed by atoms with Crippen molar-refractivity contribution in [3.05, 3.63) is 187 Å². The SMILES string of the molecule is CC1(C)c2ccccc2-c2c(N(c3ccc(-c4ccccc4)cc3)c3ccc(-c4cc5sc6ccccc6c5c5ccccc45)cc3)cccc21. The van der Waals surface area contributed by atoms with Gasteiger partial charge >= 0.3 is 0 Å². The van der Waals surface area contributed by atoms with Crippen LogP contribution in [0.5, 0.6) is 0 Å². The van der Waals surface area contributed by atoms with Gasteiger partial charge in [0.1, 0.15) is 0 Å². The van der Waals surface area contributed by atoms with Crippen molar-refractivity contribution in [3.8, 4) is 33.4 Å². The highest BCUT2D eigenvalue weighted by Crippen LogP contribution is 2.54. The molecule has 0 unspecified atom stereocenters. The zero-order chi connectivity index (χ0) is 34.1. The molecule has 0 fully saturated rings. The van der Waals surface area contributed by atoms with Crippen LogP contribution in [0.4, 0.5) is 17.1 Å². The zero-order valence-corrected chi connectivity index (χ0v) is 29.4. The van der Waals surface area contributed by atoms with Gasteiger partial charge in [0.15, 0.2) is 0 Å². The fourth-order valence-electron chi connectivity index (χ4n) is 8.40. The molecule has 51 heavy (non-hydrogen) atoms. The van der Waals surface area contributed by atoms with E-state index < -0.39 is 0 Å². The second-order valence-corrected chi connectivity index (χ2v) is 15.2. The van der Waals surface area contributed by atoms with Crippen LogP contribution in [0.2, 0.25) is 0 Å². The summed E-state index contributed by atoms with van der Waals surface area (Å²) in [4.78, 5) is 2.45. The average Bonchev–Trinajstić information content (AvgIpc) is 3.68. The first kappa shape index (κ1) is 29.9. The van der Waals surface area contributed by atoms with E-state index in [0.29, 0.717) is 0 Å². The van der Waals surface area contributed by atoms with Gasteiger partial charge in [-0.15, -0.1) is 11.3 Å². The Hall–Kier alpha value is -5.96. The monoisotopic (exact) mass is 669 g/mol. The first-order valence-corrected chi connectivity index (χ1v) is 18.5. The summed E-state index contributed by atoms with van der Waals surface area (Å²) < 4.78 is 2.66. The first-order chi connectivity index (χ1) is 25.1. The Labute approximate surface area is 302 Å². The van der Waals surface area contributed by atoms with Crippen molar-refractivity contribution >= 4 is 59.3 Å². The summed E-state index contributed by atoms with van der Waals surface area (Å²) in [7, 11) is 0. The normalized spacial score (nSPS) is 13.1. The van der Waals surface area contributed by atoms with Crippen molar-refractivity contribution < 1.29 is 0 Å². The van der Waals surface area contributed by atoms with Gasteiger partial charge < -0.3 is 4.90 Å². The predicted molar refractivity (Wildman–Crippen MR) is 220 cm³/mol. The molecule has 10 rings (SSSR count). The van der Waals surface area contributed by atoms with Gasteiger partial charge in [-0.2, -0.15) is 0 Å². The minimum atomic E-state index is -0.0824. The van der Waals surface area contributed by atoms with Gasteiger partial charge in [-0.3, -0.25) is 0 Å². The summed E-state index contributed by atoms with van der Waals surface area (Å²) in [6.07, 6.45) is 0. The maximum absolute atomic E-state index is 2.45. The molecule has 0 spiro atoms. The fraction of sp³-hybridized carbons (Fsp3) is 0.0612. The van der Waals surface area contributed by atoms with Crippen LogP contribution in [0, 0.1) is 0 Å². The lowest BCUT2D eigenvalue weighted by Gasteiger charge is -2.29. The van der Waals surface area contributed by atoms with E-state index >= 15 is 0 Å². The topological polar surface area (TPSA) is 3.24 Å². The molecule has 0 aliphatic heterocycles. The van der Waals surface area contributed by atoms with Crippen molar-refractivity contribution in [2.24, 2.45) is 0 Å². The summed E-state index contributed by atoms with van der Waals surface area (Å²) >= 11 is 1.88. The number of thiophene rings is 1. The van der Waals surface area contributed by atoms with E-state index in [1.165, 1.54) is 81.1 Å². The Balaban J connectivity index is 1.15. The number of fused-ring (bicyclic) bond motifs is 8. The van der Waals surface area contributed by atoms with Gasteiger partial charge in [-0.25, -0.2) is 0 Å². The fourth-order valence-corrected chi connectivity index (χ4v) is 9.56. The number of rotatable bonds is 5. The highest BCUT2D eigenvalue weighted by Gasteiger charge is 2.37. The van der Waals surface area contributed by atoms with E-state index in [9.17, 15) is 0 Å².